The highest BCUT2D eigenvalue weighted by molar-refractivity contribution is 7.88. The molecule has 3 atom stereocenters. The number of likely N-dealkylation sites (tertiary alicyclic amines) is 1. The van der Waals surface area contributed by atoms with Gasteiger partial charge in [-0.2, -0.15) is 0 Å². The number of nitrogens with zero attached hydrogens (tertiary/aromatic N) is 1. The Morgan fingerprint density at radius 1 is 1.26 bits per heavy atom. The zero-order valence-corrected chi connectivity index (χ0v) is 26.0. The van der Waals surface area contributed by atoms with Crippen LogP contribution in [-0.4, -0.2) is 75.0 Å². The Morgan fingerprint density at radius 3 is 2.62 bits per heavy atom. The number of nitrogens with one attached hydrogen (secondary N) is 4. The van der Waals surface area contributed by atoms with Gasteiger partial charge in [-0.15, -0.1) is 11.3 Å². The molecule has 1 aromatic carbocycles. The summed E-state index contributed by atoms with van der Waals surface area (Å²) in [7, 11) is -3.68. The number of amides is 2. The molecule has 2 aliphatic heterocycles. The van der Waals surface area contributed by atoms with Crippen molar-refractivity contribution >= 4 is 50.6 Å². The molecule has 4 rings (SSSR count). The first-order valence-electron chi connectivity index (χ1n) is 14.0. The van der Waals surface area contributed by atoms with Crippen LogP contribution in [0.2, 0.25) is 5.02 Å². The van der Waals surface area contributed by atoms with Crippen molar-refractivity contribution in [1.82, 2.24) is 20.3 Å². The predicted molar refractivity (Wildman–Crippen MR) is 164 cm³/mol. The number of hydrogen-bond donors (Lipinski definition) is 5. The SMILES string of the molecule is CS(=O)(=O)N[C@H](CCC1CCNCC1)C(=O)N1C[C@H](OCc2ccc(Cl)cc2)C[C@H]1C(=O)NCc1cc(C(=N)N)cs1. The Hall–Kier alpha value is -2.55. The van der Waals surface area contributed by atoms with Crippen LogP contribution in [0.25, 0.3) is 0 Å². The van der Waals surface area contributed by atoms with Crippen molar-refractivity contribution in [2.45, 2.75) is 63.4 Å². The van der Waals surface area contributed by atoms with E-state index < -0.39 is 34.1 Å². The average Bonchev–Trinajstić information content (AvgIpc) is 3.61. The Bertz CT molecular complexity index is 1350. The number of carbonyl (C=O) groups excluding carboxylic acids is 2. The smallest absolute Gasteiger partial charge is 0.243 e. The molecule has 11 nitrogen and oxygen atoms in total. The summed E-state index contributed by atoms with van der Waals surface area (Å²) in [6.45, 7) is 2.46. The molecule has 2 amide bonds. The van der Waals surface area contributed by atoms with E-state index in [1.54, 1.807) is 23.6 Å². The van der Waals surface area contributed by atoms with Crippen molar-refractivity contribution in [3.63, 3.8) is 0 Å². The lowest BCUT2D eigenvalue weighted by atomic mass is 9.91. The summed E-state index contributed by atoms with van der Waals surface area (Å²) in [5.74, 6) is -0.426. The summed E-state index contributed by atoms with van der Waals surface area (Å²) in [5.41, 5.74) is 7.05. The highest BCUT2D eigenvalue weighted by Crippen LogP contribution is 2.26. The van der Waals surface area contributed by atoms with Crippen LogP contribution in [0.5, 0.6) is 0 Å². The van der Waals surface area contributed by atoms with Crippen molar-refractivity contribution in [2.24, 2.45) is 11.7 Å². The Kier molecular flexibility index (Phi) is 11.4. The lowest BCUT2D eigenvalue weighted by Gasteiger charge is -2.29. The van der Waals surface area contributed by atoms with Crippen molar-refractivity contribution in [3.05, 3.63) is 56.7 Å². The number of nitrogen functional groups attached to an aromatic ring is 1. The second-order valence-corrected chi connectivity index (χ2v) is 14.2. The molecule has 2 aromatic rings. The first-order valence-corrected chi connectivity index (χ1v) is 17.2. The van der Waals surface area contributed by atoms with Crippen LogP contribution in [-0.2, 0) is 37.5 Å². The largest absolute Gasteiger partial charge is 0.384 e. The number of amidine groups is 1. The third-order valence-corrected chi connectivity index (χ3v) is 9.53. The summed E-state index contributed by atoms with van der Waals surface area (Å²) < 4.78 is 33.2. The first-order chi connectivity index (χ1) is 20.0. The molecule has 0 bridgehead atoms. The Balaban J connectivity index is 1.48. The van der Waals surface area contributed by atoms with Crippen LogP contribution in [0.1, 0.15) is 48.1 Å². The van der Waals surface area contributed by atoms with Crippen molar-refractivity contribution in [2.75, 3.05) is 25.9 Å². The van der Waals surface area contributed by atoms with Gasteiger partial charge in [-0.3, -0.25) is 15.0 Å². The topological polar surface area (TPSA) is 167 Å². The fourth-order valence-electron chi connectivity index (χ4n) is 5.38. The average molecular weight is 639 g/mol. The van der Waals surface area contributed by atoms with Crippen molar-refractivity contribution in [1.29, 1.82) is 5.41 Å². The molecule has 0 unspecified atom stereocenters. The monoisotopic (exact) mass is 638 g/mol. The molecule has 14 heteroatoms. The van der Waals surface area contributed by atoms with Gasteiger partial charge in [0.15, 0.2) is 0 Å². The van der Waals surface area contributed by atoms with Crippen LogP contribution in [0, 0.1) is 11.3 Å². The van der Waals surface area contributed by atoms with Gasteiger partial charge in [0.05, 0.1) is 25.5 Å². The highest BCUT2D eigenvalue weighted by Gasteiger charge is 2.42. The molecule has 2 saturated heterocycles. The fraction of sp³-hybridized carbons (Fsp3) is 0.536. The molecule has 1 aromatic heterocycles. The fourth-order valence-corrected chi connectivity index (χ4v) is 7.06. The van der Waals surface area contributed by atoms with Crippen LogP contribution >= 0.6 is 22.9 Å². The molecule has 42 heavy (non-hydrogen) atoms. The number of sulfonamides is 1. The maximum absolute atomic E-state index is 13.9. The van der Waals surface area contributed by atoms with E-state index in [-0.39, 0.29) is 37.9 Å². The van der Waals surface area contributed by atoms with E-state index in [1.807, 2.05) is 12.1 Å². The summed E-state index contributed by atoms with van der Waals surface area (Å²) in [6.07, 6.45) is 3.90. The number of carbonyl (C=O) groups is 2. The van der Waals surface area contributed by atoms with Gasteiger partial charge in [0.1, 0.15) is 17.9 Å². The molecule has 2 fully saturated rings. The standard InChI is InChI=1S/C28H39ClN6O5S2/c1-42(38,39)34-24(7-4-18-8-10-32-11-9-18)28(37)35-15-22(40-16-19-2-5-21(29)6-3-19)13-25(35)27(36)33-14-23-12-20(17-41-23)26(30)31/h2-3,5-6,12,17-18,22,24-25,32,34H,4,7-11,13-16H2,1H3,(H3,30,31)(H,33,36)/t22-,24-,25+/m1/s1. The van der Waals surface area contributed by atoms with Crippen molar-refractivity contribution in [3.8, 4) is 0 Å². The van der Waals surface area contributed by atoms with Gasteiger partial charge in [0.2, 0.25) is 21.8 Å². The van der Waals surface area contributed by atoms with Gasteiger partial charge in [0.25, 0.3) is 0 Å². The van der Waals surface area contributed by atoms with E-state index in [9.17, 15) is 18.0 Å². The Morgan fingerprint density at radius 2 is 1.98 bits per heavy atom. The van der Waals surface area contributed by atoms with Gasteiger partial charge < -0.3 is 26.0 Å². The molecule has 0 radical (unpaired) electrons. The minimum Gasteiger partial charge on any atom is -0.384 e. The quantitative estimate of drug-likeness (QED) is 0.166. The summed E-state index contributed by atoms with van der Waals surface area (Å²) >= 11 is 7.37. The molecule has 6 N–H and O–H groups in total. The van der Waals surface area contributed by atoms with Gasteiger partial charge >= 0.3 is 0 Å². The zero-order valence-electron chi connectivity index (χ0n) is 23.6. The lowest BCUT2D eigenvalue weighted by Crippen LogP contribution is -2.53. The van der Waals surface area contributed by atoms with E-state index in [1.165, 1.54) is 16.2 Å². The van der Waals surface area contributed by atoms with E-state index in [0.717, 1.165) is 42.6 Å². The molecule has 0 aliphatic carbocycles. The van der Waals surface area contributed by atoms with E-state index in [0.29, 0.717) is 29.3 Å². The molecule has 2 aliphatic rings. The van der Waals surface area contributed by atoms with Crippen LogP contribution < -0.4 is 21.1 Å². The van der Waals surface area contributed by atoms with Gasteiger partial charge in [-0.05, 0) is 68.5 Å². The number of halogens is 1. The number of benzene rings is 1. The van der Waals surface area contributed by atoms with Gasteiger partial charge in [-0.1, -0.05) is 23.7 Å². The minimum atomic E-state index is -3.68. The zero-order chi connectivity index (χ0) is 30.3. The van der Waals surface area contributed by atoms with E-state index >= 15 is 0 Å². The summed E-state index contributed by atoms with van der Waals surface area (Å²) in [6, 6.07) is 7.19. The molecule has 3 heterocycles. The summed E-state index contributed by atoms with van der Waals surface area (Å²) in [4.78, 5) is 29.7. The second-order valence-electron chi connectivity index (χ2n) is 10.9. The van der Waals surface area contributed by atoms with Gasteiger partial charge in [0, 0.05) is 33.8 Å². The normalized spacial score (nSPS) is 20.4. The number of hydrogen-bond acceptors (Lipinski definition) is 8. The number of thiophene rings is 1. The maximum Gasteiger partial charge on any atom is 0.243 e. The van der Waals surface area contributed by atoms with Crippen LogP contribution in [0.15, 0.2) is 35.7 Å². The number of nitrogens with two attached hydrogens (primary N) is 1. The maximum atomic E-state index is 13.9. The Labute approximate surface area is 256 Å². The first kappa shape index (κ1) is 32.4. The molecular weight excluding hydrogens is 600 g/mol. The van der Waals surface area contributed by atoms with Crippen LogP contribution in [0.3, 0.4) is 0 Å². The van der Waals surface area contributed by atoms with Gasteiger partial charge in [-0.25, -0.2) is 13.1 Å². The molecule has 230 valence electrons. The highest BCUT2D eigenvalue weighted by atomic mass is 35.5. The second kappa shape index (κ2) is 14.8. The molecule has 0 spiro atoms. The molecular formula is C28H39ClN6O5S2. The lowest BCUT2D eigenvalue weighted by molar-refractivity contribution is -0.140. The summed E-state index contributed by atoms with van der Waals surface area (Å²) in [5, 5.41) is 16.2. The van der Waals surface area contributed by atoms with Crippen LogP contribution in [0.4, 0.5) is 0 Å². The number of rotatable bonds is 13. The van der Waals surface area contributed by atoms with E-state index in [2.05, 4.69) is 15.4 Å². The molecule has 0 saturated carbocycles. The van der Waals surface area contributed by atoms with E-state index in [4.69, 9.17) is 27.5 Å². The van der Waals surface area contributed by atoms with Crippen molar-refractivity contribution < 1.29 is 22.7 Å². The minimum absolute atomic E-state index is 0.0500. The number of ether oxygens (including phenoxy) is 1. The third-order valence-electron chi connectivity index (χ3n) is 7.63. The third kappa shape index (κ3) is 9.48. The predicted octanol–water partition coefficient (Wildman–Crippen LogP) is 2.19. The number of piperidine rings is 1.